The van der Waals surface area contributed by atoms with Crippen molar-refractivity contribution < 1.29 is 4.74 Å². The summed E-state index contributed by atoms with van der Waals surface area (Å²) in [5.74, 6) is 1.35. The summed E-state index contributed by atoms with van der Waals surface area (Å²) in [7, 11) is 0. The van der Waals surface area contributed by atoms with Crippen LogP contribution in [0.1, 0.15) is 25.3 Å². The lowest BCUT2D eigenvalue weighted by Crippen LogP contribution is -2.27. The number of fused-ring (bicyclic) bond motifs is 1. The minimum atomic E-state index is -0.238. The first-order valence-corrected chi connectivity index (χ1v) is 10.5. The van der Waals surface area contributed by atoms with Crippen LogP contribution in [0.2, 0.25) is 0 Å². The molecule has 0 saturated carbocycles. The summed E-state index contributed by atoms with van der Waals surface area (Å²) in [5.41, 5.74) is 2.65. The van der Waals surface area contributed by atoms with Gasteiger partial charge in [-0.25, -0.2) is 9.97 Å². The van der Waals surface area contributed by atoms with Gasteiger partial charge in [0.2, 0.25) is 0 Å². The summed E-state index contributed by atoms with van der Waals surface area (Å²) in [5, 5.41) is 13.4. The van der Waals surface area contributed by atoms with Crippen LogP contribution in [0.5, 0.6) is 5.75 Å². The third kappa shape index (κ3) is 4.34. The molecular formula is C20H25N5OS. The lowest BCUT2D eigenvalue weighted by molar-refractivity contribution is 0.223. The average Bonchev–Trinajstić information content (AvgIpc) is 3.13. The third-order valence-electron chi connectivity index (χ3n) is 4.76. The van der Waals surface area contributed by atoms with Gasteiger partial charge in [0.25, 0.3) is 0 Å². The van der Waals surface area contributed by atoms with Crippen LogP contribution >= 0.6 is 11.8 Å². The Kier molecular flexibility index (Phi) is 6.54. The Morgan fingerprint density at radius 1 is 1.33 bits per heavy atom. The largest absolute Gasteiger partial charge is 0.492 e. The van der Waals surface area contributed by atoms with Crippen molar-refractivity contribution in [3.8, 4) is 23.1 Å². The molecule has 1 aromatic carbocycles. The van der Waals surface area contributed by atoms with Crippen molar-refractivity contribution in [1.29, 1.82) is 5.26 Å². The minimum Gasteiger partial charge on any atom is -0.492 e. The first-order valence-electron chi connectivity index (χ1n) is 9.25. The molecule has 1 aliphatic rings. The fraction of sp³-hybridized carbons (Fsp3) is 0.450. The van der Waals surface area contributed by atoms with Gasteiger partial charge >= 0.3 is 0 Å². The second-order valence-electron chi connectivity index (χ2n) is 6.29. The summed E-state index contributed by atoms with van der Waals surface area (Å²) >= 11 is 1.50. The lowest BCUT2D eigenvalue weighted by Gasteiger charge is -2.18. The number of hydrogen-bond donors (Lipinski definition) is 1. The molecule has 142 valence electrons. The van der Waals surface area contributed by atoms with Gasteiger partial charge in [-0.2, -0.15) is 5.26 Å². The zero-order valence-electron chi connectivity index (χ0n) is 16.0. The number of ether oxygens (including phenoxy) is 1. The maximum Gasteiger partial charge on any atom is 0.189 e. The molecule has 1 aromatic heterocycles. The van der Waals surface area contributed by atoms with E-state index in [2.05, 4.69) is 35.1 Å². The van der Waals surface area contributed by atoms with Gasteiger partial charge < -0.3 is 15.0 Å². The van der Waals surface area contributed by atoms with Crippen molar-refractivity contribution in [2.75, 3.05) is 44.4 Å². The molecule has 27 heavy (non-hydrogen) atoms. The number of hydrogen-bond acceptors (Lipinski definition) is 7. The van der Waals surface area contributed by atoms with E-state index >= 15 is 0 Å². The number of anilines is 1. The predicted molar refractivity (Wildman–Crippen MR) is 109 cm³/mol. The average molecular weight is 384 g/mol. The molecule has 0 amide bonds. The molecule has 0 aliphatic carbocycles. The van der Waals surface area contributed by atoms with Gasteiger partial charge in [-0.15, -0.1) is 0 Å². The maximum atomic E-state index is 9.50. The molecule has 7 heteroatoms. The van der Waals surface area contributed by atoms with Crippen LogP contribution in [-0.2, 0) is 0 Å². The van der Waals surface area contributed by atoms with E-state index in [0.29, 0.717) is 18.3 Å². The van der Waals surface area contributed by atoms with E-state index in [1.165, 1.54) is 11.8 Å². The molecule has 1 N–H and O–H groups in total. The maximum absolute atomic E-state index is 9.50. The highest BCUT2D eigenvalue weighted by molar-refractivity contribution is 7.98. The first-order chi connectivity index (χ1) is 13.2. The number of nitrogens with zero attached hydrogens (tertiary/aromatic N) is 4. The van der Waals surface area contributed by atoms with E-state index in [1.807, 2.05) is 30.5 Å². The monoisotopic (exact) mass is 383 g/mol. The van der Waals surface area contributed by atoms with Crippen LogP contribution in [-0.4, -0.2) is 53.9 Å². The van der Waals surface area contributed by atoms with Crippen molar-refractivity contribution in [3.05, 3.63) is 29.8 Å². The van der Waals surface area contributed by atoms with Gasteiger partial charge in [0.15, 0.2) is 5.16 Å². The van der Waals surface area contributed by atoms with Gasteiger partial charge in [-0.1, -0.05) is 37.7 Å². The van der Waals surface area contributed by atoms with Crippen LogP contribution in [0, 0.1) is 11.3 Å². The highest BCUT2D eigenvalue weighted by atomic mass is 32.2. The van der Waals surface area contributed by atoms with E-state index in [9.17, 15) is 5.26 Å². The van der Waals surface area contributed by atoms with Gasteiger partial charge in [-0.3, -0.25) is 0 Å². The van der Waals surface area contributed by atoms with Crippen LogP contribution in [0.4, 0.5) is 5.82 Å². The predicted octanol–water partition coefficient (Wildman–Crippen LogP) is 3.62. The molecular weight excluding hydrogens is 358 g/mol. The van der Waals surface area contributed by atoms with E-state index in [4.69, 9.17) is 9.72 Å². The second kappa shape index (κ2) is 9.07. The van der Waals surface area contributed by atoms with Crippen molar-refractivity contribution in [1.82, 2.24) is 14.9 Å². The number of rotatable bonds is 8. The van der Waals surface area contributed by atoms with Gasteiger partial charge in [0.1, 0.15) is 18.2 Å². The Morgan fingerprint density at radius 2 is 2.15 bits per heavy atom. The molecule has 2 aromatic rings. The van der Waals surface area contributed by atoms with Crippen LogP contribution in [0.3, 0.4) is 0 Å². The van der Waals surface area contributed by atoms with Crippen LogP contribution in [0.25, 0.3) is 11.3 Å². The van der Waals surface area contributed by atoms with Crippen molar-refractivity contribution in [2.45, 2.75) is 24.9 Å². The van der Waals surface area contributed by atoms with Gasteiger partial charge in [-0.05, 0) is 31.5 Å². The van der Waals surface area contributed by atoms with Gasteiger partial charge in [0.05, 0.1) is 17.7 Å². The molecule has 0 radical (unpaired) electrons. The van der Waals surface area contributed by atoms with E-state index in [1.54, 1.807) is 0 Å². The summed E-state index contributed by atoms with van der Waals surface area (Å²) in [6, 6.07) is 10.3. The number of aromatic nitrogens is 2. The SMILES string of the molecule is CCN(CC)CCOc1cccc(-c2nc(SC)nc3c2C(C#N)CN3)c1. The number of likely N-dealkylation sites (N-methyl/N-ethyl adjacent to an activating group) is 1. The quantitative estimate of drug-likeness (QED) is 0.551. The molecule has 0 bridgehead atoms. The third-order valence-corrected chi connectivity index (χ3v) is 5.31. The number of nitrogens with one attached hydrogen (secondary N) is 1. The topological polar surface area (TPSA) is 74.1 Å². The molecule has 0 spiro atoms. The molecule has 1 aliphatic heterocycles. The number of benzene rings is 1. The first kappa shape index (κ1) is 19.5. The van der Waals surface area contributed by atoms with E-state index in [0.717, 1.165) is 48.0 Å². The standard InChI is InChI=1S/C20H25N5OS/c1-4-25(5-2)9-10-26-16-8-6-7-14(11-16)18-17-15(12-21)13-22-19(17)24-20(23-18)27-3/h6-8,11,15H,4-5,9-10,13H2,1-3H3,(H,22,23,24). The van der Waals surface area contributed by atoms with Crippen LogP contribution in [0.15, 0.2) is 29.4 Å². The zero-order chi connectivity index (χ0) is 19.2. The molecule has 1 atom stereocenters. The highest BCUT2D eigenvalue weighted by Gasteiger charge is 2.29. The summed E-state index contributed by atoms with van der Waals surface area (Å²) in [6.45, 7) is 8.47. The van der Waals surface area contributed by atoms with Gasteiger partial charge in [0, 0.05) is 24.2 Å². The lowest BCUT2D eigenvalue weighted by atomic mass is 9.98. The molecule has 1 unspecified atom stereocenters. The molecule has 3 rings (SSSR count). The van der Waals surface area contributed by atoms with Crippen molar-refractivity contribution >= 4 is 17.6 Å². The normalized spacial score (nSPS) is 15.3. The van der Waals surface area contributed by atoms with Crippen LogP contribution < -0.4 is 10.1 Å². The summed E-state index contributed by atoms with van der Waals surface area (Å²) in [4.78, 5) is 11.6. The van der Waals surface area contributed by atoms with Crippen molar-refractivity contribution in [2.24, 2.45) is 0 Å². The minimum absolute atomic E-state index is 0.238. The van der Waals surface area contributed by atoms with Crippen molar-refractivity contribution in [3.63, 3.8) is 0 Å². The molecule has 0 fully saturated rings. The van der Waals surface area contributed by atoms with E-state index < -0.39 is 0 Å². The smallest absolute Gasteiger partial charge is 0.189 e. The fourth-order valence-corrected chi connectivity index (χ4v) is 3.57. The second-order valence-corrected chi connectivity index (χ2v) is 7.06. The molecule has 6 nitrogen and oxygen atoms in total. The highest BCUT2D eigenvalue weighted by Crippen LogP contribution is 2.38. The summed E-state index contributed by atoms with van der Waals surface area (Å²) < 4.78 is 5.96. The van der Waals surface area contributed by atoms with E-state index in [-0.39, 0.29) is 5.92 Å². The summed E-state index contributed by atoms with van der Waals surface area (Å²) in [6.07, 6.45) is 1.95. The Morgan fingerprint density at radius 3 is 2.85 bits per heavy atom. The Labute approximate surface area is 165 Å². The number of nitriles is 1. The zero-order valence-corrected chi connectivity index (χ0v) is 16.8. The Balaban J connectivity index is 1.87. The Hall–Kier alpha value is -2.30. The molecule has 2 heterocycles. The fourth-order valence-electron chi connectivity index (χ4n) is 3.20. The number of thioether (sulfide) groups is 1. The Bertz CT molecular complexity index is 832. The molecule has 0 saturated heterocycles.